The van der Waals surface area contributed by atoms with E-state index < -0.39 is 19.9 Å². The van der Waals surface area contributed by atoms with Crippen molar-refractivity contribution in [2.75, 3.05) is 6.26 Å². The van der Waals surface area contributed by atoms with Crippen molar-refractivity contribution in [2.45, 2.75) is 14.5 Å². The quantitative estimate of drug-likeness (QED) is 0.236. The second kappa shape index (κ2) is 10.2. The molecular weight excluding hydrogens is 364 g/mol. The predicted octanol–water partition coefficient (Wildman–Crippen LogP) is -3.63. The number of thioether (sulfide) groups is 2. The minimum absolute atomic E-state index is 0. The normalized spacial score (nSPS) is 11.7. The Labute approximate surface area is 172 Å². The Morgan fingerprint density at radius 2 is 1.30 bits per heavy atom. The molecule has 0 spiro atoms. The molecule has 0 aliphatic rings. The van der Waals surface area contributed by atoms with Gasteiger partial charge in [0.1, 0.15) is 0 Å². The third-order valence-corrected chi connectivity index (χ3v) is 8.61. The summed E-state index contributed by atoms with van der Waals surface area (Å²) in [4.78, 5) is 37.2. The molecule has 1 aromatic rings. The van der Waals surface area contributed by atoms with Crippen LogP contribution in [0.5, 0.6) is 0 Å². The van der Waals surface area contributed by atoms with Crippen molar-refractivity contribution < 1.29 is 90.7 Å². The Hall–Kier alpha value is 2.22. The van der Waals surface area contributed by atoms with Gasteiger partial charge in [-0.05, 0) is 30.5 Å². The second-order valence-corrected chi connectivity index (χ2v) is 9.85. The van der Waals surface area contributed by atoms with Gasteiger partial charge in [0.25, 0.3) is 0 Å². The summed E-state index contributed by atoms with van der Waals surface area (Å²) in [6.45, 7) is 0. The molecule has 6 nitrogen and oxygen atoms in total. The first-order valence-corrected chi connectivity index (χ1v) is 10.0. The van der Waals surface area contributed by atoms with Crippen LogP contribution in [0.25, 0.3) is 0 Å². The molecular formula is C8H14Na2O6P2S2. The fourth-order valence-electron chi connectivity index (χ4n) is 1.11. The Bertz CT molecular complexity index is 490. The fourth-order valence-corrected chi connectivity index (χ4v) is 5.45. The molecule has 4 N–H and O–H groups in total. The second-order valence-electron chi connectivity index (χ2n) is 3.30. The zero-order valence-corrected chi connectivity index (χ0v) is 18.6. The van der Waals surface area contributed by atoms with Crippen molar-refractivity contribution in [3.63, 3.8) is 0 Å². The van der Waals surface area contributed by atoms with E-state index in [4.69, 9.17) is 19.6 Å². The van der Waals surface area contributed by atoms with Gasteiger partial charge in [0, 0.05) is 9.79 Å². The van der Waals surface area contributed by atoms with Crippen molar-refractivity contribution in [1.29, 1.82) is 0 Å². The number of hydrogen-bond donors (Lipinski definition) is 4. The summed E-state index contributed by atoms with van der Waals surface area (Å²) < 4.78 is 20.1. The molecule has 1 rings (SSSR count). The Morgan fingerprint density at radius 3 is 1.60 bits per heavy atom. The Morgan fingerprint density at radius 1 is 0.950 bits per heavy atom. The van der Waals surface area contributed by atoms with Crippen LogP contribution >= 0.6 is 38.7 Å². The summed E-state index contributed by atoms with van der Waals surface area (Å²) in [7, 11) is -9.77. The molecule has 0 unspecified atom stereocenters. The first kappa shape index (κ1) is 24.5. The maximum atomic E-state index is 11.1. The molecule has 0 saturated heterocycles. The van der Waals surface area contributed by atoms with Crippen molar-refractivity contribution in [3.8, 4) is 0 Å². The number of rotatable bonds is 5. The van der Waals surface area contributed by atoms with E-state index in [1.165, 1.54) is 11.8 Å². The van der Waals surface area contributed by atoms with Gasteiger partial charge in [-0.15, -0.1) is 11.8 Å². The molecule has 0 amide bonds. The van der Waals surface area contributed by atoms with E-state index in [9.17, 15) is 9.13 Å². The van der Waals surface area contributed by atoms with Gasteiger partial charge in [-0.2, -0.15) is 0 Å². The van der Waals surface area contributed by atoms with Crippen LogP contribution in [0.4, 0.5) is 0 Å². The van der Waals surface area contributed by atoms with Gasteiger partial charge in [0.05, 0.1) is 0 Å². The monoisotopic (exact) mass is 378 g/mol. The van der Waals surface area contributed by atoms with E-state index in [1.807, 2.05) is 6.26 Å². The van der Waals surface area contributed by atoms with Crippen LogP contribution in [0, 0.1) is 0 Å². The van der Waals surface area contributed by atoms with Crippen molar-refractivity contribution in [1.82, 2.24) is 0 Å². The van der Waals surface area contributed by atoms with E-state index >= 15 is 0 Å². The molecule has 0 atom stereocenters. The van der Waals surface area contributed by atoms with E-state index in [1.54, 1.807) is 24.3 Å². The van der Waals surface area contributed by atoms with Gasteiger partial charge in [-0.1, -0.05) is 11.8 Å². The van der Waals surface area contributed by atoms with Crippen LogP contribution in [0.2, 0.25) is 0 Å². The van der Waals surface area contributed by atoms with E-state index in [0.717, 1.165) is 4.90 Å². The van der Waals surface area contributed by atoms with Crippen LogP contribution in [-0.4, -0.2) is 30.6 Å². The zero-order chi connectivity index (χ0) is 14.0. The molecule has 0 saturated carbocycles. The van der Waals surface area contributed by atoms with Crippen LogP contribution in [0.15, 0.2) is 34.1 Å². The van der Waals surface area contributed by atoms with Crippen LogP contribution < -0.4 is 59.1 Å². The van der Waals surface area contributed by atoms with Gasteiger partial charge in [0.15, 0.2) is 0 Å². The molecule has 12 heteroatoms. The third kappa shape index (κ3) is 8.18. The van der Waals surface area contributed by atoms with Crippen molar-refractivity contribution in [2.24, 2.45) is 0 Å². The Kier molecular flexibility index (Phi) is 12.4. The van der Waals surface area contributed by atoms with Gasteiger partial charge >= 0.3 is 74.3 Å². The molecule has 106 valence electrons. The molecule has 0 aromatic heterocycles. The fraction of sp³-hybridized carbons (Fsp3) is 0.250. The molecule has 0 aliphatic heterocycles. The summed E-state index contributed by atoms with van der Waals surface area (Å²) in [6, 6.07) is 6.55. The molecule has 0 fully saturated rings. The summed E-state index contributed by atoms with van der Waals surface area (Å²) in [5, 5.41) is 0. The Balaban J connectivity index is -0.000000405. The smallest absolute Gasteiger partial charge is 1.00 e. The summed E-state index contributed by atoms with van der Waals surface area (Å²) in [6.07, 6.45) is 1.87. The predicted molar refractivity (Wildman–Crippen MR) is 74.2 cm³/mol. The first-order chi connectivity index (χ1) is 8.14. The van der Waals surface area contributed by atoms with Crippen molar-refractivity contribution >= 4 is 38.7 Å². The molecule has 1 aromatic carbocycles. The van der Waals surface area contributed by atoms with Crippen LogP contribution in [-0.2, 0) is 9.13 Å². The van der Waals surface area contributed by atoms with Gasteiger partial charge in [-0.3, -0.25) is 9.13 Å². The van der Waals surface area contributed by atoms with Gasteiger partial charge in [-0.25, -0.2) is 0 Å². The molecule has 0 heterocycles. The molecule has 0 aliphatic carbocycles. The topological polar surface area (TPSA) is 115 Å². The average molecular weight is 378 g/mol. The summed E-state index contributed by atoms with van der Waals surface area (Å²) in [5.41, 5.74) is 0. The summed E-state index contributed by atoms with van der Waals surface area (Å²) >= 11 is 1.98. The SMILES string of the molecule is CSc1ccc(SC(P(=O)(O)O)P(=O)(O)O)cc1.[H-].[H-].[Na+].[Na+]. The first-order valence-electron chi connectivity index (χ1n) is 4.56. The summed E-state index contributed by atoms with van der Waals surface area (Å²) in [5.74, 6) is 0. The minimum atomic E-state index is -4.89. The maximum absolute atomic E-state index is 11.1. The van der Waals surface area contributed by atoms with E-state index in [2.05, 4.69) is 0 Å². The van der Waals surface area contributed by atoms with Gasteiger partial charge < -0.3 is 22.4 Å². The van der Waals surface area contributed by atoms with Crippen LogP contribution in [0.3, 0.4) is 0 Å². The van der Waals surface area contributed by atoms with Gasteiger partial charge in [0.2, 0.25) is 4.73 Å². The van der Waals surface area contributed by atoms with E-state index in [-0.39, 0.29) is 62.0 Å². The van der Waals surface area contributed by atoms with E-state index in [0.29, 0.717) is 16.7 Å². The number of hydrogen-bond acceptors (Lipinski definition) is 4. The standard InChI is InChI=1S/C8H12O6P2S2.2Na.2H/c1-17-6-2-4-7(5-3-6)18-8(15(9,10)11)16(12,13)14;;;;/h2-5,8H,1H3,(H2,9,10,11)(H2,12,13,14);;;;/q;2*+1;2*-1. The molecule has 20 heavy (non-hydrogen) atoms. The maximum Gasteiger partial charge on any atom is 1.00 e. The number of benzene rings is 1. The largest absolute Gasteiger partial charge is 1.00 e. The third-order valence-electron chi connectivity index (χ3n) is 1.88. The average Bonchev–Trinajstić information content (AvgIpc) is 2.23. The zero-order valence-electron chi connectivity index (χ0n) is 13.2. The minimum Gasteiger partial charge on any atom is -1.00 e. The van der Waals surface area contributed by atoms with Crippen LogP contribution in [0.1, 0.15) is 2.85 Å². The molecule has 0 bridgehead atoms. The molecule has 0 radical (unpaired) electrons. The van der Waals surface area contributed by atoms with Crippen molar-refractivity contribution in [3.05, 3.63) is 24.3 Å².